The second-order valence-corrected chi connectivity index (χ2v) is 7.35. The van der Waals surface area contributed by atoms with Crippen molar-refractivity contribution >= 4 is 5.97 Å². The van der Waals surface area contributed by atoms with Crippen molar-refractivity contribution < 1.29 is 14.3 Å². The minimum atomic E-state index is -0.191. The van der Waals surface area contributed by atoms with E-state index >= 15 is 0 Å². The lowest BCUT2D eigenvalue weighted by atomic mass is 10.0. The van der Waals surface area contributed by atoms with Crippen molar-refractivity contribution in [2.24, 2.45) is 0 Å². The summed E-state index contributed by atoms with van der Waals surface area (Å²) in [5.41, 5.74) is 0. The highest BCUT2D eigenvalue weighted by atomic mass is 16.5. The Morgan fingerprint density at radius 2 is 1.19 bits per heavy atom. The molecule has 0 fully saturated rings. The van der Waals surface area contributed by atoms with Crippen molar-refractivity contribution in [3.63, 3.8) is 0 Å². The number of hydrogen-bond donors (Lipinski definition) is 0. The molecule has 0 aliphatic rings. The third-order valence-electron chi connectivity index (χ3n) is 4.80. The zero-order valence-electron chi connectivity index (χ0n) is 18.1. The first-order chi connectivity index (χ1) is 13.2. The molecule has 0 aliphatic heterocycles. The second-order valence-electron chi connectivity index (χ2n) is 7.35. The Balaban J connectivity index is 3.31. The molecular formula is C24H44O3. The third kappa shape index (κ3) is 19.3. The third-order valence-corrected chi connectivity index (χ3v) is 4.80. The molecule has 3 nitrogen and oxygen atoms in total. The molecule has 3 heteroatoms. The SMILES string of the molecule is C=C/C(=C/OC(=O)CCCCCCCCCCCCCCCCC)OCC. The van der Waals surface area contributed by atoms with Gasteiger partial charge in [0.15, 0.2) is 5.76 Å². The van der Waals surface area contributed by atoms with E-state index in [1.807, 2.05) is 6.92 Å². The lowest BCUT2D eigenvalue weighted by molar-refractivity contribution is -0.138. The molecule has 0 spiro atoms. The number of allylic oxidation sites excluding steroid dienone is 1. The summed E-state index contributed by atoms with van der Waals surface area (Å²) in [4.78, 5) is 11.6. The summed E-state index contributed by atoms with van der Waals surface area (Å²) in [6.07, 6.45) is 23.3. The van der Waals surface area contributed by atoms with Crippen LogP contribution in [0.1, 0.15) is 117 Å². The Bertz CT molecular complexity index is 374. The summed E-state index contributed by atoms with van der Waals surface area (Å²) in [6, 6.07) is 0. The van der Waals surface area contributed by atoms with E-state index in [0.717, 1.165) is 12.8 Å². The minimum Gasteiger partial charge on any atom is -0.491 e. The molecule has 0 unspecified atom stereocenters. The monoisotopic (exact) mass is 380 g/mol. The average molecular weight is 381 g/mol. The number of carbonyl (C=O) groups excluding carboxylic acids is 1. The molecule has 0 saturated carbocycles. The lowest BCUT2D eigenvalue weighted by Gasteiger charge is -2.04. The summed E-state index contributed by atoms with van der Waals surface area (Å²) in [5, 5.41) is 0. The van der Waals surface area contributed by atoms with E-state index in [-0.39, 0.29) is 5.97 Å². The second kappa shape index (κ2) is 21.1. The van der Waals surface area contributed by atoms with Gasteiger partial charge in [-0.15, -0.1) is 0 Å². The predicted octanol–water partition coefficient (Wildman–Crippen LogP) is 7.86. The molecule has 158 valence electrons. The molecule has 0 rings (SSSR count). The van der Waals surface area contributed by atoms with E-state index in [1.165, 1.54) is 89.7 Å². The van der Waals surface area contributed by atoms with Crippen LogP contribution >= 0.6 is 0 Å². The number of esters is 1. The van der Waals surface area contributed by atoms with Gasteiger partial charge >= 0.3 is 5.97 Å². The maximum Gasteiger partial charge on any atom is 0.310 e. The van der Waals surface area contributed by atoms with Gasteiger partial charge in [0.1, 0.15) is 6.26 Å². The van der Waals surface area contributed by atoms with Gasteiger partial charge in [0.25, 0.3) is 0 Å². The molecule has 0 N–H and O–H groups in total. The van der Waals surface area contributed by atoms with E-state index in [9.17, 15) is 4.79 Å². The number of rotatable bonds is 20. The standard InChI is InChI=1S/C24H44O3/c1-4-7-8-9-10-11-12-13-14-15-16-17-18-19-20-21-24(25)27-22-23(5-2)26-6-3/h5,22H,2,4,6-21H2,1,3H3/b23-22-. The van der Waals surface area contributed by atoms with Crippen molar-refractivity contribution in [1.82, 2.24) is 0 Å². The summed E-state index contributed by atoms with van der Waals surface area (Å²) in [5.74, 6) is 0.311. The topological polar surface area (TPSA) is 35.5 Å². The maximum absolute atomic E-state index is 11.6. The highest BCUT2D eigenvalue weighted by Gasteiger charge is 2.02. The molecule has 0 amide bonds. The number of unbranched alkanes of at least 4 members (excludes halogenated alkanes) is 14. The lowest BCUT2D eigenvalue weighted by Crippen LogP contribution is -2.00. The van der Waals surface area contributed by atoms with Gasteiger partial charge in [-0.05, 0) is 19.4 Å². The van der Waals surface area contributed by atoms with Crippen LogP contribution in [0.25, 0.3) is 0 Å². The number of carbonyl (C=O) groups is 1. The molecule has 0 heterocycles. The van der Waals surface area contributed by atoms with Crippen LogP contribution in [0.3, 0.4) is 0 Å². The zero-order chi connectivity index (χ0) is 20.0. The van der Waals surface area contributed by atoms with Crippen LogP contribution < -0.4 is 0 Å². The van der Waals surface area contributed by atoms with Gasteiger partial charge in [0.05, 0.1) is 6.61 Å². The number of hydrogen-bond acceptors (Lipinski definition) is 3. The summed E-state index contributed by atoms with van der Waals surface area (Å²) in [7, 11) is 0. The van der Waals surface area contributed by atoms with E-state index in [4.69, 9.17) is 9.47 Å². The largest absolute Gasteiger partial charge is 0.491 e. The summed E-state index contributed by atoms with van der Waals surface area (Å²) >= 11 is 0. The Kier molecular flexibility index (Phi) is 20.1. The molecule has 0 saturated heterocycles. The van der Waals surface area contributed by atoms with E-state index in [1.54, 1.807) is 6.08 Å². The van der Waals surface area contributed by atoms with Crippen molar-refractivity contribution in [2.75, 3.05) is 6.61 Å². The molecule has 0 radical (unpaired) electrons. The fourth-order valence-electron chi connectivity index (χ4n) is 3.13. The molecule has 0 aromatic heterocycles. The van der Waals surface area contributed by atoms with Crippen LogP contribution in [0.15, 0.2) is 24.7 Å². The van der Waals surface area contributed by atoms with Crippen LogP contribution in [0.5, 0.6) is 0 Å². The highest BCUT2D eigenvalue weighted by Crippen LogP contribution is 2.14. The molecule has 27 heavy (non-hydrogen) atoms. The van der Waals surface area contributed by atoms with Gasteiger partial charge in [-0.2, -0.15) is 0 Å². The van der Waals surface area contributed by atoms with Gasteiger partial charge in [-0.25, -0.2) is 0 Å². The van der Waals surface area contributed by atoms with Crippen LogP contribution in [0.4, 0.5) is 0 Å². The van der Waals surface area contributed by atoms with Crippen molar-refractivity contribution in [1.29, 1.82) is 0 Å². The molecule has 0 atom stereocenters. The molecule has 0 aromatic rings. The molecular weight excluding hydrogens is 336 g/mol. The van der Waals surface area contributed by atoms with Crippen molar-refractivity contribution in [3.05, 3.63) is 24.7 Å². The Morgan fingerprint density at radius 1 is 0.741 bits per heavy atom. The first-order valence-electron chi connectivity index (χ1n) is 11.4. The van der Waals surface area contributed by atoms with Gasteiger partial charge in [0, 0.05) is 6.42 Å². The Morgan fingerprint density at radius 3 is 1.59 bits per heavy atom. The van der Waals surface area contributed by atoms with Gasteiger partial charge < -0.3 is 9.47 Å². The first kappa shape index (κ1) is 25.8. The Hall–Kier alpha value is -1.25. The van der Waals surface area contributed by atoms with Gasteiger partial charge in [-0.3, -0.25) is 4.79 Å². The van der Waals surface area contributed by atoms with E-state index in [2.05, 4.69) is 13.5 Å². The van der Waals surface area contributed by atoms with Gasteiger partial charge in [-0.1, -0.05) is 103 Å². The van der Waals surface area contributed by atoms with Crippen molar-refractivity contribution in [2.45, 2.75) is 117 Å². The average Bonchev–Trinajstić information content (AvgIpc) is 2.68. The quantitative estimate of drug-likeness (QED) is 0.0933. The number of ether oxygens (including phenoxy) is 2. The van der Waals surface area contributed by atoms with E-state index in [0.29, 0.717) is 18.8 Å². The molecule has 0 aromatic carbocycles. The minimum absolute atomic E-state index is 0.191. The van der Waals surface area contributed by atoms with Crippen LogP contribution in [0, 0.1) is 0 Å². The predicted molar refractivity (Wildman–Crippen MR) is 116 cm³/mol. The van der Waals surface area contributed by atoms with Crippen LogP contribution in [0.2, 0.25) is 0 Å². The van der Waals surface area contributed by atoms with Crippen LogP contribution in [-0.2, 0) is 14.3 Å². The van der Waals surface area contributed by atoms with Gasteiger partial charge in [0.2, 0.25) is 0 Å². The summed E-state index contributed by atoms with van der Waals surface area (Å²) in [6.45, 7) is 8.31. The Labute approximate surface area is 168 Å². The zero-order valence-corrected chi connectivity index (χ0v) is 18.1. The molecule has 0 aliphatic carbocycles. The van der Waals surface area contributed by atoms with Crippen LogP contribution in [-0.4, -0.2) is 12.6 Å². The first-order valence-corrected chi connectivity index (χ1v) is 11.4. The smallest absolute Gasteiger partial charge is 0.310 e. The highest BCUT2D eigenvalue weighted by molar-refractivity contribution is 5.69. The van der Waals surface area contributed by atoms with Crippen molar-refractivity contribution in [3.8, 4) is 0 Å². The maximum atomic E-state index is 11.6. The summed E-state index contributed by atoms with van der Waals surface area (Å²) < 4.78 is 10.3. The fourth-order valence-corrected chi connectivity index (χ4v) is 3.13. The molecule has 0 bridgehead atoms. The van der Waals surface area contributed by atoms with E-state index < -0.39 is 0 Å². The normalized spacial score (nSPS) is 11.4. The fraction of sp³-hybridized carbons (Fsp3) is 0.792.